The monoisotopic (exact) mass is 337 g/mol. The number of hydrogen-bond donors (Lipinski definition) is 1. The second kappa shape index (κ2) is 7.59. The molecule has 2 rings (SSSR count). The summed E-state index contributed by atoms with van der Waals surface area (Å²) in [6.07, 6.45) is 1.74. The molecule has 0 saturated carbocycles. The van der Waals surface area contributed by atoms with Crippen molar-refractivity contribution < 1.29 is 23.1 Å². The molecule has 23 heavy (non-hydrogen) atoms. The lowest BCUT2D eigenvalue weighted by atomic mass is 9.92. The van der Waals surface area contributed by atoms with E-state index in [2.05, 4.69) is 4.98 Å². The van der Waals surface area contributed by atoms with Crippen molar-refractivity contribution in [2.45, 2.75) is 11.6 Å². The second-order valence-electron chi connectivity index (χ2n) is 4.89. The fourth-order valence-corrected chi connectivity index (χ4v) is 4.26. The molecule has 0 spiro atoms. The predicted molar refractivity (Wildman–Crippen MR) is 86.5 cm³/mol. The van der Waals surface area contributed by atoms with Crippen LogP contribution in [0.2, 0.25) is 0 Å². The standard InChI is InChI=1S/C16H20NO5P/c1-20-16(18)15(23(19,21-2)22-3)14(13-10-7-11-17-13)12-8-5-4-6-9-12/h4-11,14-15,17H,1-3H3. The van der Waals surface area contributed by atoms with Crippen LogP contribution in [0.5, 0.6) is 0 Å². The van der Waals surface area contributed by atoms with Crippen LogP contribution in [0.1, 0.15) is 17.2 Å². The van der Waals surface area contributed by atoms with Crippen LogP contribution < -0.4 is 0 Å². The third-order valence-electron chi connectivity index (χ3n) is 3.72. The van der Waals surface area contributed by atoms with Crippen LogP contribution in [0.15, 0.2) is 48.7 Å². The number of rotatable bonds is 7. The Morgan fingerprint density at radius 2 is 1.70 bits per heavy atom. The summed E-state index contributed by atoms with van der Waals surface area (Å²) in [6.45, 7) is 0. The predicted octanol–water partition coefficient (Wildman–Crippen LogP) is 3.17. The maximum Gasteiger partial charge on any atom is 0.345 e. The molecule has 0 radical (unpaired) electrons. The van der Waals surface area contributed by atoms with Gasteiger partial charge in [-0.2, -0.15) is 0 Å². The quantitative estimate of drug-likeness (QED) is 0.620. The molecule has 1 N–H and O–H groups in total. The van der Waals surface area contributed by atoms with Gasteiger partial charge in [-0.1, -0.05) is 30.3 Å². The van der Waals surface area contributed by atoms with E-state index < -0.39 is 25.1 Å². The van der Waals surface area contributed by atoms with E-state index in [1.54, 1.807) is 6.20 Å². The number of methoxy groups -OCH3 is 1. The molecule has 2 aromatic rings. The summed E-state index contributed by atoms with van der Waals surface area (Å²) < 4.78 is 28.1. The normalized spacial score (nSPS) is 14.2. The first-order valence-electron chi connectivity index (χ1n) is 7.04. The number of H-pyrrole nitrogens is 1. The molecule has 0 saturated heterocycles. The van der Waals surface area contributed by atoms with Gasteiger partial charge in [-0.3, -0.25) is 9.36 Å². The summed E-state index contributed by atoms with van der Waals surface area (Å²) in [5.41, 5.74) is 0.407. The molecule has 2 unspecified atom stereocenters. The molecule has 0 aliphatic rings. The van der Waals surface area contributed by atoms with Crippen molar-refractivity contribution in [2.75, 3.05) is 21.3 Å². The second-order valence-corrected chi connectivity index (χ2v) is 7.25. The van der Waals surface area contributed by atoms with Gasteiger partial charge in [0.05, 0.1) is 7.11 Å². The van der Waals surface area contributed by atoms with Gasteiger partial charge < -0.3 is 18.8 Å². The lowest BCUT2D eigenvalue weighted by molar-refractivity contribution is -0.140. The summed E-state index contributed by atoms with van der Waals surface area (Å²) in [5, 5.41) is 0. The van der Waals surface area contributed by atoms with Gasteiger partial charge in [-0.15, -0.1) is 0 Å². The summed E-state index contributed by atoms with van der Waals surface area (Å²) in [4.78, 5) is 15.5. The van der Waals surface area contributed by atoms with Gasteiger partial charge in [0.2, 0.25) is 0 Å². The molecule has 1 aromatic heterocycles. The number of esters is 1. The van der Waals surface area contributed by atoms with Gasteiger partial charge >= 0.3 is 13.6 Å². The average Bonchev–Trinajstić information content (AvgIpc) is 3.13. The fraction of sp³-hybridized carbons (Fsp3) is 0.312. The molecule has 7 heteroatoms. The summed E-state index contributed by atoms with van der Waals surface area (Å²) in [6, 6.07) is 12.9. The molecule has 0 aliphatic carbocycles. The minimum atomic E-state index is -3.72. The molecule has 0 amide bonds. The van der Waals surface area contributed by atoms with Crippen molar-refractivity contribution in [1.82, 2.24) is 4.98 Å². The molecule has 0 fully saturated rings. The van der Waals surface area contributed by atoms with Crippen LogP contribution in [0.3, 0.4) is 0 Å². The maximum atomic E-state index is 13.0. The first-order chi connectivity index (χ1) is 11.1. The minimum absolute atomic E-state index is 0.551. The fourth-order valence-electron chi connectivity index (χ4n) is 2.60. The van der Waals surface area contributed by atoms with E-state index in [0.29, 0.717) is 0 Å². The number of carbonyl (C=O) groups is 1. The highest BCUT2D eigenvalue weighted by atomic mass is 31.2. The zero-order valence-electron chi connectivity index (χ0n) is 13.3. The zero-order valence-corrected chi connectivity index (χ0v) is 14.2. The van der Waals surface area contributed by atoms with Crippen molar-refractivity contribution in [3.05, 3.63) is 59.9 Å². The molecule has 0 bridgehead atoms. The Morgan fingerprint density at radius 3 is 2.17 bits per heavy atom. The van der Waals surface area contributed by atoms with Crippen LogP contribution in [-0.4, -0.2) is 37.9 Å². The SMILES string of the molecule is COC(=O)C(C(c1ccccc1)c1ccc[nH]1)P(=O)(OC)OC. The van der Waals surface area contributed by atoms with Crippen LogP contribution >= 0.6 is 7.60 Å². The van der Waals surface area contributed by atoms with Gasteiger partial charge in [0.25, 0.3) is 0 Å². The maximum absolute atomic E-state index is 13.0. The van der Waals surface area contributed by atoms with Crippen LogP contribution in [0.25, 0.3) is 0 Å². The molecule has 1 heterocycles. The number of nitrogens with one attached hydrogen (secondary N) is 1. The lowest BCUT2D eigenvalue weighted by Crippen LogP contribution is -2.31. The molecule has 1 aromatic carbocycles. The summed E-state index contributed by atoms with van der Waals surface area (Å²) in [7, 11) is 0.0524. The first-order valence-corrected chi connectivity index (χ1v) is 8.65. The van der Waals surface area contributed by atoms with Crippen molar-refractivity contribution >= 4 is 13.6 Å². The Hall–Kier alpha value is -1.88. The van der Waals surface area contributed by atoms with Crippen LogP contribution in [0.4, 0.5) is 0 Å². The number of ether oxygens (including phenoxy) is 1. The van der Waals surface area contributed by atoms with Gasteiger partial charge in [-0.05, 0) is 17.7 Å². The Balaban J connectivity index is 2.62. The van der Waals surface area contributed by atoms with E-state index in [1.165, 1.54) is 21.3 Å². The number of carbonyl (C=O) groups excluding carboxylic acids is 1. The largest absolute Gasteiger partial charge is 0.468 e. The molecule has 0 aliphatic heterocycles. The first kappa shape index (κ1) is 17.5. The smallest absolute Gasteiger partial charge is 0.345 e. The summed E-state index contributed by atoms with van der Waals surface area (Å²) >= 11 is 0. The molecular weight excluding hydrogens is 317 g/mol. The van der Waals surface area contributed by atoms with E-state index >= 15 is 0 Å². The number of hydrogen-bond acceptors (Lipinski definition) is 5. The molecular formula is C16H20NO5P. The Labute approximate surface area is 135 Å². The number of benzene rings is 1. The Kier molecular flexibility index (Phi) is 5.77. The van der Waals surface area contributed by atoms with Gasteiger partial charge in [0, 0.05) is 32.0 Å². The topological polar surface area (TPSA) is 77.6 Å². The van der Waals surface area contributed by atoms with Gasteiger partial charge in [-0.25, -0.2) is 0 Å². The molecule has 124 valence electrons. The highest BCUT2D eigenvalue weighted by Crippen LogP contribution is 2.57. The van der Waals surface area contributed by atoms with E-state index in [0.717, 1.165) is 11.3 Å². The highest BCUT2D eigenvalue weighted by Gasteiger charge is 2.48. The number of aromatic amines is 1. The van der Waals surface area contributed by atoms with Crippen molar-refractivity contribution in [1.29, 1.82) is 0 Å². The zero-order chi connectivity index (χ0) is 16.9. The lowest BCUT2D eigenvalue weighted by Gasteiger charge is -2.29. The van der Waals surface area contributed by atoms with Crippen molar-refractivity contribution in [3.8, 4) is 0 Å². The van der Waals surface area contributed by atoms with E-state index in [4.69, 9.17) is 13.8 Å². The van der Waals surface area contributed by atoms with E-state index in [9.17, 15) is 9.36 Å². The highest BCUT2D eigenvalue weighted by molar-refractivity contribution is 7.55. The molecule has 6 nitrogen and oxygen atoms in total. The van der Waals surface area contributed by atoms with Crippen molar-refractivity contribution in [3.63, 3.8) is 0 Å². The average molecular weight is 337 g/mol. The number of aromatic nitrogens is 1. The Morgan fingerprint density at radius 1 is 1.04 bits per heavy atom. The Bertz CT molecular complexity index is 663. The van der Waals surface area contributed by atoms with Crippen LogP contribution in [0, 0.1) is 0 Å². The summed E-state index contributed by atoms with van der Waals surface area (Å²) in [5.74, 6) is -1.20. The van der Waals surface area contributed by atoms with E-state index in [-0.39, 0.29) is 0 Å². The van der Waals surface area contributed by atoms with Gasteiger partial charge in [0.1, 0.15) is 0 Å². The third-order valence-corrected chi connectivity index (χ3v) is 5.93. The van der Waals surface area contributed by atoms with Crippen molar-refractivity contribution in [2.24, 2.45) is 0 Å². The third kappa shape index (κ3) is 3.55. The molecule has 2 atom stereocenters. The van der Waals surface area contributed by atoms with Crippen LogP contribution in [-0.2, 0) is 23.1 Å². The van der Waals surface area contributed by atoms with Gasteiger partial charge in [0.15, 0.2) is 5.66 Å². The van der Waals surface area contributed by atoms with E-state index in [1.807, 2.05) is 42.5 Å². The minimum Gasteiger partial charge on any atom is -0.468 e.